The van der Waals surface area contributed by atoms with Gasteiger partial charge in [0.1, 0.15) is 5.75 Å². The van der Waals surface area contributed by atoms with E-state index in [1.807, 2.05) is 24.3 Å². The van der Waals surface area contributed by atoms with Gasteiger partial charge >= 0.3 is 0 Å². The Morgan fingerprint density at radius 1 is 1.07 bits per heavy atom. The van der Waals surface area contributed by atoms with Gasteiger partial charge in [0.2, 0.25) is 0 Å². The van der Waals surface area contributed by atoms with E-state index in [1.54, 1.807) is 7.11 Å². The number of methoxy groups -OCH3 is 1. The summed E-state index contributed by atoms with van der Waals surface area (Å²) in [6.07, 6.45) is 1.05. The highest BCUT2D eigenvalue weighted by Crippen LogP contribution is 2.38. The molecule has 29 heavy (non-hydrogen) atoms. The van der Waals surface area contributed by atoms with Crippen LogP contribution in [0.5, 0.6) is 5.75 Å². The summed E-state index contributed by atoms with van der Waals surface area (Å²) in [6.45, 7) is 18.5. The maximum absolute atomic E-state index is 12.6. The molecule has 0 spiro atoms. The van der Waals surface area contributed by atoms with Crippen LogP contribution in [0.1, 0.15) is 59.9 Å². The van der Waals surface area contributed by atoms with Crippen LogP contribution in [-0.4, -0.2) is 38.0 Å². The summed E-state index contributed by atoms with van der Waals surface area (Å²) in [4.78, 5) is 12.6. The first-order valence-corrected chi connectivity index (χ1v) is 14.1. The van der Waals surface area contributed by atoms with Crippen LogP contribution in [0.3, 0.4) is 0 Å². The van der Waals surface area contributed by atoms with Crippen LogP contribution in [-0.2, 0) is 20.6 Å². The molecule has 1 aromatic rings. The summed E-state index contributed by atoms with van der Waals surface area (Å²) in [5.41, 5.74) is 1.10. The second-order valence-electron chi connectivity index (χ2n) is 9.98. The van der Waals surface area contributed by atoms with Gasteiger partial charge in [0.15, 0.2) is 13.4 Å². The Hall–Kier alpha value is -0.823. The van der Waals surface area contributed by atoms with Crippen molar-refractivity contribution >= 4 is 25.2 Å². The Morgan fingerprint density at radius 2 is 1.66 bits per heavy atom. The quantitative estimate of drug-likeness (QED) is 0.309. The third kappa shape index (κ3) is 10.2. The van der Waals surface area contributed by atoms with Crippen LogP contribution in [0.4, 0.5) is 0 Å². The molecule has 0 aliphatic heterocycles. The van der Waals surface area contributed by atoms with Crippen LogP contribution in [0.2, 0.25) is 18.1 Å². The number of thioether (sulfide) groups is 1. The van der Waals surface area contributed by atoms with Gasteiger partial charge in [-0.1, -0.05) is 65.4 Å². The van der Waals surface area contributed by atoms with Crippen molar-refractivity contribution in [2.24, 2.45) is 0 Å². The predicted octanol–water partition coefficient (Wildman–Crippen LogP) is 6.44. The molecule has 0 fully saturated rings. The second-order valence-corrected chi connectivity index (χ2v) is 16.6. The summed E-state index contributed by atoms with van der Waals surface area (Å²) in [7, 11) is -0.299. The number of carbonyl (C=O) groups is 1. The van der Waals surface area contributed by atoms with Crippen LogP contribution in [0.25, 0.3) is 0 Å². The summed E-state index contributed by atoms with van der Waals surface area (Å²) >= 11 is 1.40. The molecule has 0 heterocycles. The molecular formula is C23H40O4SSi. The topological polar surface area (TPSA) is 44.8 Å². The van der Waals surface area contributed by atoms with Gasteiger partial charge in [0.25, 0.3) is 0 Å². The van der Waals surface area contributed by atoms with Crippen LogP contribution in [0.15, 0.2) is 24.3 Å². The second kappa shape index (κ2) is 11.0. The van der Waals surface area contributed by atoms with Gasteiger partial charge in [-0.25, -0.2) is 0 Å². The van der Waals surface area contributed by atoms with Crippen LogP contribution in [0, 0.1) is 0 Å². The third-order valence-electron chi connectivity index (χ3n) is 5.09. The highest BCUT2D eigenvalue weighted by Gasteiger charge is 2.39. The zero-order valence-electron chi connectivity index (χ0n) is 19.8. The van der Waals surface area contributed by atoms with E-state index in [1.165, 1.54) is 11.8 Å². The van der Waals surface area contributed by atoms with Crippen molar-refractivity contribution in [3.63, 3.8) is 0 Å². The zero-order valence-corrected chi connectivity index (χ0v) is 21.6. The minimum atomic E-state index is -1.96. The number of benzene rings is 1. The summed E-state index contributed by atoms with van der Waals surface area (Å²) in [6, 6.07) is 7.88. The molecule has 0 aliphatic rings. The molecule has 0 aliphatic carbocycles. The summed E-state index contributed by atoms with van der Waals surface area (Å²) < 4.78 is 17.6. The fraction of sp³-hybridized carbons (Fsp3) is 0.696. The van der Waals surface area contributed by atoms with Gasteiger partial charge in [-0.3, -0.25) is 4.79 Å². The molecule has 1 atom stereocenters. The Morgan fingerprint density at radius 3 is 2.14 bits per heavy atom. The standard InChI is InChI=1S/C23H40O4SSi/c1-22(2,3)28-21(24)16-20(27-29(8,9)23(4,5)6)14-15-26-17-18-10-12-19(25-7)13-11-18/h10-13,20H,14-17H2,1-9H3/t20-/m1/s1. The Kier molecular flexibility index (Phi) is 9.93. The Balaban J connectivity index is 2.65. The molecule has 0 amide bonds. The SMILES string of the molecule is COc1ccc(COCC[C@H](CC(=O)SC(C)(C)C)O[Si](C)(C)C(C)(C)C)cc1. The van der Waals surface area contributed by atoms with Crippen LogP contribution >= 0.6 is 11.8 Å². The normalized spacial score (nSPS) is 14.0. The Labute approximate surface area is 183 Å². The smallest absolute Gasteiger partial charge is 0.192 e. The highest BCUT2D eigenvalue weighted by atomic mass is 32.2. The molecular weight excluding hydrogens is 400 g/mol. The third-order valence-corrected chi connectivity index (χ3v) is 10.6. The van der Waals surface area contributed by atoms with E-state index in [2.05, 4.69) is 54.6 Å². The van der Waals surface area contributed by atoms with E-state index in [9.17, 15) is 4.79 Å². The van der Waals surface area contributed by atoms with Gasteiger partial charge in [-0.05, 0) is 42.2 Å². The van der Waals surface area contributed by atoms with Crippen molar-refractivity contribution in [2.45, 2.75) is 90.0 Å². The molecule has 6 heteroatoms. The van der Waals surface area contributed by atoms with E-state index >= 15 is 0 Å². The lowest BCUT2D eigenvalue weighted by Crippen LogP contribution is -2.44. The van der Waals surface area contributed by atoms with Crippen LogP contribution < -0.4 is 4.74 Å². The fourth-order valence-electron chi connectivity index (χ4n) is 2.49. The number of carbonyl (C=O) groups excluding carboxylic acids is 1. The molecule has 1 rings (SSSR count). The first-order chi connectivity index (χ1) is 13.2. The number of rotatable bonds is 10. The molecule has 4 nitrogen and oxygen atoms in total. The van der Waals surface area contributed by atoms with Crippen molar-refractivity contribution in [1.29, 1.82) is 0 Å². The number of hydrogen-bond acceptors (Lipinski definition) is 5. The molecule has 166 valence electrons. The van der Waals surface area contributed by atoms with E-state index in [-0.39, 0.29) is 21.0 Å². The first-order valence-electron chi connectivity index (χ1n) is 10.3. The summed E-state index contributed by atoms with van der Waals surface area (Å²) in [5, 5.41) is 0.298. The molecule has 0 unspecified atom stereocenters. The zero-order chi connectivity index (χ0) is 22.3. The van der Waals surface area contributed by atoms with Crippen molar-refractivity contribution in [2.75, 3.05) is 13.7 Å². The maximum Gasteiger partial charge on any atom is 0.192 e. The first kappa shape index (κ1) is 26.2. The van der Waals surface area contributed by atoms with Gasteiger partial charge in [0, 0.05) is 17.8 Å². The van der Waals surface area contributed by atoms with Gasteiger partial charge < -0.3 is 13.9 Å². The largest absolute Gasteiger partial charge is 0.497 e. The van der Waals surface area contributed by atoms with Gasteiger partial charge in [0.05, 0.1) is 19.8 Å². The minimum Gasteiger partial charge on any atom is -0.497 e. The predicted molar refractivity (Wildman–Crippen MR) is 126 cm³/mol. The van der Waals surface area contributed by atoms with Crippen molar-refractivity contribution < 1.29 is 18.7 Å². The van der Waals surface area contributed by atoms with Crippen molar-refractivity contribution in [1.82, 2.24) is 0 Å². The maximum atomic E-state index is 12.6. The van der Waals surface area contributed by atoms with Crippen molar-refractivity contribution in [3.05, 3.63) is 29.8 Å². The lowest BCUT2D eigenvalue weighted by Gasteiger charge is -2.39. The number of ether oxygens (including phenoxy) is 2. The van der Waals surface area contributed by atoms with E-state index in [0.717, 1.165) is 17.7 Å². The minimum absolute atomic E-state index is 0.0799. The fourth-order valence-corrected chi connectivity index (χ4v) is 4.83. The summed E-state index contributed by atoms with van der Waals surface area (Å²) in [5.74, 6) is 0.839. The lowest BCUT2D eigenvalue weighted by atomic mass is 10.2. The Bertz CT molecular complexity index is 630. The molecule has 0 saturated carbocycles. The van der Waals surface area contributed by atoms with Gasteiger partial charge in [-0.15, -0.1) is 0 Å². The molecule has 1 aromatic carbocycles. The average Bonchev–Trinajstić information content (AvgIpc) is 2.56. The van der Waals surface area contributed by atoms with E-state index in [4.69, 9.17) is 13.9 Å². The molecule has 0 bridgehead atoms. The molecule has 0 N–H and O–H groups in total. The molecule has 0 aromatic heterocycles. The highest BCUT2D eigenvalue weighted by molar-refractivity contribution is 8.14. The molecule has 0 radical (unpaired) electrons. The van der Waals surface area contributed by atoms with Gasteiger partial charge in [-0.2, -0.15) is 0 Å². The number of hydrogen-bond donors (Lipinski definition) is 0. The lowest BCUT2D eigenvalue weighted by molar-refractivity contribution is -0.112. The van der Waals surface area contributed by atoms with E-state index < -0.39 is 8.32 Å². The average molecular weight is 441 g/mol. The van der Waals surface area contributed by atoms with Crippen molar-refractivity contribution in [3.8, 4) is 5.75 Å². The van der Waals surface area contributed by atoms with E-state index in [0.29, 0.717) is 19.6 Å². The monoisotopic (exact) mass is 440 g/mol. The molecule has 0 saturated heterocycles.